The van der Waals surface area contributed by atoms with Crippen LogP contribution in [0, 0.1) is 0 Å². The summed E-state index contributed by atoms with van der Waals surface area (Å²) in [7, 11) is 1.64. The molecule has 1 amide bonds. The van der Waals surface area contributed by atoms with E-state index in [9.17, 15) is 9.90 Å². The highest BCUT2D eigenvalue weighted by Crippen LogP contribution is 2.21. The monoisotopic (exact) mass is 369 g/mol. The molecule has 2 aromatic rings. The van der Waals surface area contributed by atoms with Crippen LogP contribution in [0.4, 0.5) is 0 Å². The van der Waals surface area contributed by atoms with Gasteiger partial charge in [-0.15, -0.1) is 0 Å². The first kappa shape index (κ1) is 19.2. The van der Waals surface area contributed by atoms with Gasteiger partial charge in [0.05, 0.1) is 13.2 Å². The number of phenols is 1. The summed E-state index contributed by atoms with van der Waals surface area (Å²) in [6, 6.07) is 15.0. The van der Waals surface area contributed by atoms with Gasteiger partial charge in [-0.2, -0.15) is 0 Å². The van der Waals surface area contributed by atoms with Crippen molar-refractivity contribution in [3.05, 3.63) is 59.7 Å². The molecule has 27 heavy (non-hydrogen) atoms. The van der Waals surface area contributed by atoms with Crippen molar-refractivity contribution in [3.63, 3.8) is 0 Å². The molecule has 1 aliphatic heterocycles. The molecule has 1 aliphatic rings. The lowest BCUT2D eigenvalue weighted by Gasteiger charge is -2.26. The van der Waals surface area contributed by atoms with E-state index in [-0.39, 0.29) is 17.8 Å². The van der Waals surface area contributed by atoms with Crippen LogP contribution in [0.3, 0.4) is 0 Å². The Balaban J connectivity index is 1.66. The molecule has 0 spiro atoms. The molecule has 0 radical (unpaired) electrons. The molecule has 1 atom stereocenters. The van der Waals surface area contributed by atoms with E-state index in [4.69, 9.17) is 9.47 Å². The number of methoxy groups -OCH3 is 1. The number of hydrogen-bond acceptors (Lipinski definition) is 4. The molecule has 0 saturated carbocycles. The first-order valence-electron chi connectivity index (χ1n) is 9.45. The van der Waals surface area contributed by atoms with E-state index in [0.29, 0.717) is 25.9 Å². The fourth-order valence-corrected chi connectivity index (χ4v) is 3.38. The number of phenolic OH excluding ortho intramolecular Hbond substituents is 1. The molecule has 0 bridgehead atoms. The maximum Gasteiger partial charge on any atom is 0.223 e. The number of ether oxygens (including phenoxy) is 2. The second-order valence-corrected chi connectivity index (χ2v) is 6.89. The van der Waals surface area contributed by atoms with E-state index in [1.54, 1.807) is 19.2 Å². The van der Waals surface area contributed by atoms with Gasteiger partial charge in [-0.05, 0) is 43.0 Å². The average Bonchev–Trinajstić information content (AvgIpc) is 3.20. The topological polar surface area (TPSA) is 59.0 Å². The molecule has 0 aromatic heterocycles. The summed E-state index contributed by atoms with van der Waals surface area (Å²) >= 11 is 0. The average molecular weight is 369 g/mol. The fourth-order valence-electron chi connectivity index (χ4n) is 3.38. The lowest BCUT2D eigenvalue weighted by atomic mass is 10.1. The third-order valence-corrected chi connectivity index (χ3v) is 4.92. The third kappa shape index (κ3) is 5.47. The van der Waals surface area contributed by atoms with Crippen LogP contribution in [0.25, 0.3) is 0 Å². The number of amides is 1. The number of nitrogens with zero attached hydrogens (tertiary/aromatic N) is 1. The summed E-state index contributed by atoms with van der Waals surface area (Å²) in [6.45, 7) is 1.71. The van der Waals surface area contributed by atoms with Gasteiger partial charge in [0.1, 0.15) is 11.5 Å². The lowest BCUT2D eigenvalue weighted by molar-refractivity contribution is -0.133. The molecule has 5 heteroatoms. The highest BCUT2D eigenvalue weighted by Gasteiger charge is 2.23. The molecule has 5 nitrogen and oxygen atoms in total. The molecular weight excluding hydrogens is 342 g/mol. The molecule has 0 aliphatic carbocycles. The van der Waals surface area contributed by atoms with Crippen molar-refractivity contribution in [2.45, 2.75) is 38.3 Å². The second-order valence-electron chi connectivity index (χ2n) is 6.89. The summed E-state index contributed by atoms with van der Waals surface area (Å²) in [4.78, 5) is 14.7. The normalized spacial score (nSPS) is 16.3. The Kier molecular flexibility index (Phi) is 6.71. The molecule has 1 saturated heterocycles. The van der Waals surface area contributed by atoms with Gasteiger partial charge in [-0.1, -0.05) is 30.3 Å². The molecule has 1 fully saturated rings. The summed E-state index contributed by atoms with van der Waals surface area (Å²) in [5.41, 5.74) is 1.83. The zero-order valence-corrected chi connectivity index (χ0v) is 15.8. The van der Waals surface area contributed by atoms with Crippen molar-refractivity contribution in [1.82, 2.24) is 4.90 Å². The fraction of sp³-hybridized carbons (Fsp3) is 0.409. The number of aryl methyl sites for hydroxylation is 1. The van der Waals surface area contributed by atoms with Gasteiger partial charge < -0.3 is 19.5 Å². The molecule has 144 valence electrons. The largest absolute Gasteiger partial charge is 0.508 e. The maximum atomic E-state index is 12.9. The van der Waals surface area contributed by atoms with Crippen LogP contribution in [-0.4, -0.2) is 42.3 Å². The highest BCUT2D eigenvalue weighted by molar-refractivity contribution is 5.76. The SMILES string of the molecule is COc1cccc(CCC(=O)N(Cc2ccccc2O)CC2CCCO2)c1. The van der Waals surface area contributed by atoms with E-state index in [1.807, 2.05) is 41.3 Å². The molecule has 1 N–H and O–H groups in total. The number of carbonyl (C=O) groups is 1. The Hall–Kier alpha value is -2.53. The second kappa shape index (κ2) is 9.42. The number of carbonyl (C=O) groups excluding carboxylic acids is 1. The molecule has 1 heterocycles. The Morgan fingerprint density at radius 1 is 1.26 bits per heavy atom. The van der Waals surface area contributed by atoms with Gasteiger partial charge in [0.2, 0.25) is 5.91 Å². The van der Waals surface area contributed by atoms with Gasteiger partial charge in [0, 0.05) is 31.7 Å². The van der Waals surface area contributed by atoms with Crippen molar-refractivity contribution >= 4 is 5.91 Å². The first-order valence-corrected chi connectivity index (χ1v) is 9.45. The molecule has 3 rings (SSSR count). The number of benzene rings is 2. The minimum atomic E-state index is 0.0663. The Labute approximate surface area is 160 Å². The predicted molar refractivity (Wildman–Crippen MR) is 104 cm³/mol. The number of rotatable bonds is 8. The van der Waals surface area contributed by atoms with Gasteiger partial charge in [0.25, 0.3) is 0 Å². The first-order chi connectivity index (χ1) is 13.2. The third-order valence-electron chi connectivity index (χ3n) is 4.92. The van der Waals surface area contributed by atoms with Crippen LogP contribution in [0.5, 0.6) is 11.5 Å². The van der Waals surface area contributed by atoms with Crippen molar-refractivity contribution in [1.29, 1.82) is 0 Å². The summed E-state index contributed by atoms with van der Waals surface area (Å²) in [6.07, 6.45) is 3.15. The lowest BCUT2D eigenvalue weighted by Crippen LogP contribution is -2.37. The van der Waals surface area contributed by atoms with Crippen LogP contribution in [0.2, 0.25) is 0 Å². The number of hydrogen-bond donors (Lipinski definition) is 1. The number of aromatic hydroxyl groups is 1. The van der Waals surface area contributed by atoms with Crippen molar-refractivity contribution < 1.29 is 19.4 Å². The van der Waals surface area contributed by atoms with Crippen molar-refractivity contribution in [2.75, 3.05) is 20.3 Å². The van der Waals surface area contributed by atoms with E-state index < -0.39 is 0 Å². The van der Waals surface area contributed by atoms with E-state index >= 15 is 0 Å². The summed E-state index contributed by atoms with van der Waals surface area (Å²) in [5.74, 6) is 1.08. The summed E-state index contributed by atoms with van der Waals surface area (Å²) < 4.78 is 11.0. The molecular formula is C22H27NO4. The minimum absolute atomic E-state index is 0.0663. The van der Waals surface area contributed by atoms with Crippen LogP contribution in [0.15, 0.2) is 48.5 Å². The van der Waals surface area contributed by atoms with E-state index in [0.717, 1.165) is 36.3 Å². The van der Waals surface area contributed by atoms with E-state index in [1.165, 1.54) is 0 Å². The van der Waals surface area contributed by atoms with E-state index in [2.05, 4.69) is 0 Å². The van der Waals surface area contributed by atoms with Crippen LogP contribution in [-0.2, 0) is 22.5 Å². The molecule has 2 aromatic carbocycles. The minimum Gasteiger partial charge on any atom is -0.508 e. The van der Waals surface area contributed by atoms with Gasteiger partial charge in [0.15, 0.2) is 0 Å². The molecule has 1 unspecified atom stereocenters. The van der Waals surface area contributed by atoms with Gasteiger partial charge in [-0.3, -0.25) is 4.79 Å². The van der Waals surface area contributed by atoms with Crippen molar-refractivity contribution in [3.8, 4) is 11.5 Å². The Morgan fingerprint density at radius 3 is 2.85 bits per heavy atom. The van der Waals surface area contributed by atoms with Crippen molar-refractivity contribution in [2.24, 2.45) is 0 Å². The Morgan fingerprint density at radius 2 is 2.11 bits per heavy atom. The standard InChI is InChI=1S/C22H27NO4/c1-26-19-8-4-6-17(14-19)11-12-22(25)23(16-20-9-5-13-27-20)15-18-7-2-3-10-21(18)24/h2-4,6-8,10,14,20,24H,5,9,11-13,15-16H2,1H3. The zero-order chi connectivity index (χ0) is 19.1. The Bertz CT molecular complexity index is 755. The summed E-state index contributed by atoms with van der Waals surface area (Å²) in [5, 5.41) is 10.1. The smallest absolute Gasteiger partial charge is 0.223 e. The maximum absolute atomic E-state index is 12.9. The van der Waals surface area contributed by atoms with Crippen LogP contribution < -0.4 is 4.74 Å². The number of para-hydroxylation sites is 1. The predicted octanol–water partition coefficient (Wildman–Crippen LogP) is 3.54. The van der Waals surface area contributed by atoms with Crippen LogP contribution in [0.1, 0.15) is 30.4 Å². The zero-order valence-electron chi connectivity index (χ0n) is 15.8. The van der Waals surface area contributed by atoms with Crippen LogP contribution >= 0.6 is 0 Å². The highest BCUT2D eigenvalue weighted by atomic mass is 16.5. The van der Waals surface area contributed by atoms with Gasteiger partial charge in [-0.25, -0.2) is 0 Å². The van der Waals surface area contributed by atoms with Gasteiger partial charge >= 0.3 is 0 Å². The quantitative estimate of drug-likeness (QED) is 0.773.